The summed E-state index contributed by atoms with van der Waals surface area (Å²) in [7, 11) is 3.90. The molecule has 0 bridgehead atoms. The molecule has 0 radical (unpaired) electrons. The number of rotatable bonds is 12. The quantitative estimate of drug-likeness (QED) is 0.323. The molecular formula is C20H37N5OS. The molecule has 6 nitrogen and oxygen atoms in total. The SMILES string of the molecule is CCNC(=NCCCc1nc2c(s1)CCCC2)NCCN(C)CCCOC. The van der Waals surface area contributed by atoms with E-state index in [1.54, 1.807) is 7.11 Å². The minimum Gasteiger partial charge on any atom is -0.385 e. The summed E-state index contributed by atoms with van der Waals surface area (Å²) in [6.07, 6.45) is 8.22. The Morgan fingerprint density at radius 2 is 2.07 bits per heavy atom. The Labute approximate surface area is 168 Å². The second-order valence-electron chi connectivity index (χ2n) is 7.13. The average Bonchev–Trinajstić information content (AvgIpc) is 3.08. The van der Waals surface area contributed by atoms with Crippen LogP contribution in [-0.4, -0.2) is 69.3 Å². The minimum atomic E-state index is 0.823. The van der Waals surface area contributed by atoms with Crippen LogP contribution in [0.4, 0.5) is 0 Å². The van der Waals surface area contributed by atoms with Gasteiger partial charge in [0.15, 0.2) is 5.96 Å². The second kappa shape index (κ2) is 13.1. The van der Waals surface area contributed by atoms with Crippen molar-refractivity contribution in [1.82, 2.24) is 20.5 Å². The molecule has 7 heteroatoms. The van der Waals surface area contributed by atoms with Crippen LogP contribution in [0.1, 0.15) is 48.2 Å². The van der Waals surface area contributed by atoms with Crippen LogP contribution in [0, 0.1) is 0 Å². The number of hydrogen-bond acceptors (Lipinski definition) is 5. The summed E-state index contributed by atoms with van der Waals surface area (Å²) < 4.78 is 5.10. The third kappa shape index (κ3) is 8.58. The van der Waals surface area contributed by atoms with E-state index in [4.69, 9.17) is 14.7 Å². The van der Waals surface area contributed by atoms with Crippen LogP contribution in [0.3, 0.4) is 0 Å². The lowest BCUT2D eigenvalue weighted by Crippen LogP contribution is -2.41. The largest absolute Gasteiger partial charge is 0.385 e. The van der Waals surface area contributed by atoms with Crippen molar-refractivity contribution in [3.63, 3.8) is 0 Å². The molecule has 1 aromatic heterocycles. The molecule has 1 heterocycles. The molecule has 2 N–H and O–H groups in total. The number of nitrogens with zero attached hydrogens (tertiary/aromatic N) is 3. The van der Waals surface area contributed by atoms with E-state index in [-0.39, 0.29) is 0 Å². The smallest absolute Gasteiger partial charge is 0.191 e. The molecule has 1 aliphatic carbocycles. The normalized spacial score (nSPS) is 14.4. The first-order valence-electron chi connectivity index (χ1n) is 10.4. The second-order valence-corrected chi connectivity index (χ2v) is 8.29. The van der Waals surface area contributed by atoms with Gasteiger partial charge in [-0.2, -0.15) is 0 Å². The molecule has 0 amide bonds. The molecule has 0 atom stereocenters. The highest BCUT2D eigenvalue weighted by molar-refractivity contribution is 7.11. The van der Waals surface area contributed by atoms with E-state index in [0.717, 1.165) is 64.6 Å². The van der Waals surface area contributed by atoms with Gasteiger partial charge >= 0.3 is 0 Å². The van der Waals surface area contributed by atoms with Crippen molar-refractivity contribution in [3.05, 3.63) is 15.6 Å². The number of aromatic nitrogens is 1. The van der Waals surface area contributed by atoms with Gasteiger partial charge in [-0.3, -0.25) is 4.99 Å². The standard InChI is InChI=1S/C20H37N5OS/c1-4-21-20(23-13-15-25(2)14-8-16-26-3)22-12-7-11-19-24-17-9-5-6-10-18(17)27-19/h4-16H2,1-3H3,(H2,21,22,23). The Balaban J connectivity index is 1.66. The summed E-state index contributed by atoms with van der Waals surface area (Å²) in [6.45, 7) is 7.60. The van der Waals surface area contributed by atoms with Crippen LogP contribution < -0.4 is 10.6 Å². The van der Waals surface area contributed by atoms with Crippen LogP contribution in [0.2, 0.25) is 0 Å². The Hall–Kier alpha value is -1.18. The molecule has 27 heavy (non-hydrogen) atoms. The summed E-state index contributed by atoms with van der Waals surface area (Å²) in [5.41, 5.74) is 1.37. The minimum absolute atomic E-state index is 0.823. The molecule has 1 aromatic rings. The van der Waals surface area contributed by atoms with Crippen molar-refractivity contribution in [2.75, 3.05) is 53.5 Å². The van der Waals surface area contributed by atoms with Crippen LogP contribution in [0.25, 0.3) is 0 Å². The highest BCUT2D eigenvalue weighted by atomic mass is 32.1. The van der Waals surface area contributed by atoms with Gasteiger partial charge in [-0.1, -0.05) is 0 Å². The molecular weight excluding hydrogens is 358 g/mol. The molecule has 0 saturated carbocycles. The molecule has 0 aromatic carbocycles. The van der Waals surface area contributed by atoms with Crippen molar-refractivity contribution in [3.8, 4) is 0 Å². The Morgan fingerprint density at radius 1 is 1.22 bits per heavy atom. The first-order valence-corrected chi connectivity index (χ1v) is 11.2. The average molecular weight is 396 g/mol. The topological polar surface area (TPSA) is 61.8 Å². The lowest BCUT2D eigenvalue weighted by Gasteiger charge is -2.18. The van der Waals surface area contributed by atoms with Gasteiger partial charge in [0, 0.05) is 57.7 Å². The van der Waals surface area contributed by atoms with E-state index in [1.807, 2.05) is 11.3 Å². The number of aryl methyl sites for hydroxylation is 3. The summed E-state index contributed by atoms with van der Waals surface area (Å²) in [6, 6.07) is 0. The predicted octanol–water partition coefficient (Wildman–Crippen LogP) is 2.48. The van der Waals surface area contributed by atoms with Gasteiger partial charge in [0.1, 0.15) is 0 Å². The number of ether oxygens (including phenoxy) is 1. The van der Waals surface area contributed by atoms with Crippen LogP contribution in [0.15, 0.2) is 4.99 Å². The summed E-state index contributed by atoms with van der Waals surface area (Å²) in [5.74, 6) is 0.918. The highest BCUT2D eigenvalue weighted by Gasteiger charge is 2.14. The van der Waals surface area contributed by atoms with E-state index in [0.29, 0.717) is 0 Å². The molecule has 0 spiro atoms. The lowest BCUT2D eigenvalue weighted by molar-refractivity contribution is 0.180. The summed E-state index contributed by atoms with van der Waals surface area (Å²) in [5, 5.41) is 8.07. The van der Waals surface area contributed by atoms with E-state index in [1.165, 1.54) is 41.3 Å². The summed E-state index contributed by atoms with van der Waals surface area (Å²) >= 11 is 1.92. The van der Waals surface area contributed by atoms with E-state index >= 15 is 0 Å². The van der Waals surface area contributed by atoms with Gasteiger partial charge in [0.05, 0.1) is 10.7 Å². The number of likely N-dealkylation sites (N-methyl/N-ethyl adjacent to an activating group) is 1. The van der Waals surface area contributed by atoms with Crippen LogP contribution in [0.5, 0.6) is 0 Å². The molecule has 0 aliphatic heterocycles. The maximum atomic E-state index is 5.10. The first-order chi connectivity index (χ1) is 13.2. The van der Waals surface area contributed by atoms with E-state index < -0.39 is 0 Å². The van der Waals surface area contributed by atoms with Gasteiger partial charge in [-0.25, -0.2) is 4.98 Å². The van der Waals surface area contributed by atoms with Crippen molar-refractivity contribution in [2.45, 2.75) is 51.9 Å². The predicted molar refractivity (Wildman–Crippen MR) is 115 cm³/mol. The molecule has 154 valence electrons. The van der Waals surface area contributed by atoms with E-state index in [9.17, 15) is 0 Å². The Morgan fingerprint density at radius 3 is 2.85 bits per heavy atom. The third-order valence-electron chi connectivity index (χ3n) is 4.73. The monoisotopic (exact) mass is 395 g/mol. The van der Waals surface area contributed by atoms with Gasteiger partial charge in [0.25, 0.3) is 0 Å². The lowest BCUT2D eigenvalue weighted by atomic mass is 10.0. The fourth-order valence-corrected chi connectivity index (χ4v) is 4.43. The summed E-state index contributed by atoms with van der Waals surface area (Å²) in [4.78, 5) is 13.4. The number of thiazole rings is 1. The molecule has 0 fully saturated rings. The van der Waals surface area contributed by atoms with Gasteiger partial charge < -0.3 is 20.3 Å². The molecule has 0 saturated heterocycles. The number of aliphatic imine (C=N–C) groups is 1. The molecule has 2 rings (SSSR count). The number of hydrogen-bond donors (Lipinski definition) is 2. The first kappa shape index (κ1) is 22.1. The molecule has 0 unspecified atom stereocenters. The maximum absolute atomic E-state index is 5.10. The van der Waals surface area contributed by atoms with Crippen molar-refractivity contribution in [2.24, 2.45) is 4.99 Å². The van der Waals surface area contributed by atoms with Gasteiger partial charge in [0.2, 0.25) is 0 Å². The number of guanidine groups is 1. The van der Waals surface area contributed by atoms with Crippen LogP contribution >= 0.6 is 11.3 Å². The zero-order valence-electron chi connectivity index (χ0n) is 17.4. The zero-order valence-corrected chi connectivity index (χ0v) is 18.2. The third-order valence-corrected chi connectivity index (χ3v) is 5.94. The van der Waals surface area contributed by atoms with Gasteiger partial charge in [-0.15, -0.1) is 11.3 Å². The molecule has 1 aliphatic rings. The van der Waals surface area contributed by atoms with Crippen LogP contribution in [-0.2, 0) is 24.0 Å². The highest BCUT2D eigenvalue weighted by Crippen LogP contribution is 2.27. The number of nitrogens with one attached hydrogen (secondary N) is 2. The van der Waals surface area contributed by atoms with Crippen molar-refractivity contribution < 1.29 is 4.74 Å². The fourth-order valence-electron chi connectivity index (χ4n) is 3.23. The maximum Gasteiger partial charge on any atom is 0.191 e. The zero-order chi connectivity index (χ0) is 19.3. The van der Waals surface area contributed by atoms with E-state index in [2.05, 4.69) is 29.5 Å². The number of fused-ring (bicyclic) bond motifs is 1. The van der Waals surface area contributed by atoms with Crippen molar-refractivity contribution in [1.29, 1.82) is 0 Å². The Bertz CT molecular complexity index is 537. The fraction of sp³-hybridized carbons (Fsp3) is 0.800. The Kier molecular flexibility index (Phi) is 10.7. The number of methoxy groups -OCH3 is 1. The van der Waals surface area contributed by atoms with Crippen molar-refractivity contribution >= 4 is 17.3 Å². The van der Waals surface area contributed by atoms with Gasteiger partial charge in [-0.05, 0) is 52.5 Å².